The monoisotopic (exact) mass is 382 g/mol. The van der Waals surface area contributed by atoms with Gasteiger partial charge in [0.05, 0.1) is 16.4 Å². The number of rotatable bonds is 3. The number of ether oxygens (including phenoxy) is 1. The van der Waals surface area contributed by atoms with Crippen LogP contribution in [-0.4, -0.2) is 16.3 Å². The van der Waals surface area contributed by atoms with Crippen LogP contribution >= 0.6 is 34.2 Å². The molecular formula is C7H3ClF3IN2O3. The van der Waals surface area contributed by atoms with Gasteiger partial charge in [0.15, 0.2) is 5.75 Å². The van der Waals surface area contributed by atoms with Gasteiger partial charge in [-0.1, -0.05) is 0 Å². The van der Waals surface area contributed by atoms with E-state index in [4.69, 9.17) is 11.6 Å². The van der Waals surface area contributed by atoms with Gasteiger partial charge in [-0.05, 0) is 22.6 Å². The summed E-state index contributed by atoms with van der Waals surface area (Å²) in [7, 11) is 0. The van der Waals surface area contributed by atoms with Gasteiger partial charge in [0.2, 0.25) is 0 Å². The van der Waals surface area contributed by atoms with Crippen LogP contribution in [0.4, 0.5) is 18.9 Å². The number of hydrogen-bond donors (Lipinski definition) is 0. The Labute approximate surface area is 111 Å². The lowest BCUT2D eigenvalue weighted by molar-refractivity contribution is -0.386. The zero-order valence-electron chi connectivity index (χ0n) is 7.79. The Kier molecular flexibility index (Phi) is 4.36. The van der Waals surface area contributed by atoms with Crippen molar-refractivity contribution in [2.24, 2.45) is 0 Å². The van der Waals surface area contributed by atoms with Crippen molar-refractivity contribution in [2.75, 3.05) is 0 Å². The predicted molar refractivity (Wildman–Crippen MR) is 59.8 cm³/mol. The fourth-order valence-electron chi connectivity index (χ4n) is 1.00. The van der Waals surface area contributed by atoms with Crippen molar-refractivity contribution < 1.29 is 22.8 Å². The Morgan fingerprint density at radius 2 is 2.18 bits per heavy atom. The Bertz CT molecular complexity index is 455. The van der Waals surface area contributed by atoms with Crippen LogP contribution in [0.25, 0.3) is 0 Å². The second-order valence-corrected chi connectivity index (χ2v) is 3.97. The molecule has 0 fully saturated rings. The molecule has 1 heterocycles. The molecule has 1 aromatic rings. The predicted octanol–water partition coefficient (Wildman–Crippen LogP) is 3.23. The molecule has 1 aromatic heterocycles. The van der Waals surface area contributed by atoms with Crippen LogP contribution in [0.15, 0.2) is 6.20 Å². The van der Waals surface area contributed by atoms with E-state index in [-0.39, 0.29) is 9.26 Å². The van der Waals surface area contributed by atoms with E-state index >= 15 is 0 Å². The molecule has 0 spiro atoms. The number of pyridine rings is 1. The maximum Gasteiger partial charge on any atom is 0.573 e. The first-order chi connectivity index (χ1) is 7.76. The van der Waals surface area contributed by atoms with Gasteiger partial charge in [0, 0.05) is 0 Å². The molecule has 94 valence electrons. The fraction of sp³-hybridized carbons (Fsp3) is 0.286. The summed E-state index contributed by atoms with van der Waals surface area (Å²) < 4.78 is 39.8. The van der Waals surface area contributed by atoms with Gasteiger partial charge in [-0.25, -0.2) is 4.98 Å². The molecule has 0 amide bonds. The third-order valence-electron chi connectivity index (χ3n) is 1.62. The van der Waals surface area contributed by atoms with E-state index in [1.165, 1.54) is 22.6 Å². The minimum absolute atomic E-state index is 0.152. The Balaban J connectivity index is 3.35. The topological polar surface area (TPSA) is 65.3 Å². The molecule has 1 rings (SSSR count). The second-order valence-electron chi connectivity index (χ2n) is 2.68. The average molecular weight is 382 g/mol. The standard InChI is InChI=1S/C7H3ClF3IN2O3/c8-1-3-4(14(15)16)2-13-6(12)5(3)17-7(9,10)11/h2H,1H2. The highest BCUT2D eigenvalue weighted by molar-refractivity contribution is 14.1. The number of hydrogen-bond acceptors (Lipinski definition) is 4. The minimum Gasteiger partial charge on any atom is -0.402 e. The lowest BCUT2D eigenvalue weighted by Crippen LogP contribution is -2.19. The summed E-state index contributed by atoms with van der Waals surface area (Å²) in [5, 5.41) is 10.6. The van der Waals surface area contributed by atoms with Crippen molar-refractivity contribution in [3.05, 3.63) is 25.6 Å². The second kappa shape index (κ2) is 5.21. The van der Waals surface area contributed by atoms with E-state index in [0.717, 1.165) is 6.20 Å². The zero-order chi connectivity index (χ0) is 13.2. The van der Waals surface area contributed by atoms with Crippen LogP contribution in [0, 0.1) is 13.8 Å². The van der Waals surface area contributed by atoms with Crippen LogP contribution in [0.1, 0.15) is 5.56 Å². The number of nitrogens with zero attached hydrogens (tertiary/aromatic N) is 2. The Morgan fingerprint density at radius 3 is 2.59 bits per heavy atom. The number of alkyl halides is 4. The van der Waals surface area contributed by atoms with Crippen molar-refractivity contribution >= 4 is 39.9 Å². The van der Waals surface area contributed by atoms with Gasteiger partial charge in [-0.2, -0.15) is 0 Å². The number of aromatic nitrogens is 1. The van der Waals surface area contributed by atoms with Crippen molar-refractivity contribution in [1.82, 2.24) is 4.98 Å². The molecule has 10 heteroatoms. The highest BCUT2D eigenvalue weighted by Gasteiger charge is 2.35. The van der Waals surface area contributed by atoms with Crippen LogP contribution in [0.3, 0.4) is 0 Å². The first-order valence-electron chi connectivity index (χ1n) is 3.89. The molecule has 17 heavy (non-hydrogen) atoms. The number of nitro groups is 1. The number of halogens is 5. The van der Waals surface area contributed by atoms with Gasteiger partial charge >= 0.3 is 6.36 Å². The summed E-state index contributed by atoms with van der Waals surface area (Å²) in [6, 6.07) is 0. The lowest BCUT2D eigenvalue weighted by atomic mass is 10.2. The molecule has 0 radical (unpaired) electrons. The summed E-state index contributed by atoms with van der Waals surface area (Å²) in [6.07, 6.45) is -4.12. The summed E-state index contributed by atoms with van der Waals surface area (Å²) >= 11 is 6.87. The van der Waals surface area contributed by atoms with Crippen LogP contribution in [0.2, 0.25) is 0 Å². The Morgan fingerprint density at radius 1 is 1.59 bits per heavy atom. The molecule has 0 aliphatic carbocycles. The van der Waals surface area contributed by atoms with Crippen molar-refractivity contribution in [1.29, 1.82) is 0 Å². The van der Waals surface area contributed by atoms with Crippen molar-refractivity contribution in [3.8, 4) is 5.75 Å². The van der Waals surface area contributed by atoms with Crippen LogP contribution < -0.4 is 4.74 Å². The normalized spacial score (nSPS) is 11.4. The summed E-state index contributed by atoms with van der Waals surface area (Å²) in [5.74, 6) is -1.22. The van der Waals surface area contributed by atoms with Gasteiger partial charge in [-0.3, -0.25) is 10.1 Å². The maximum atomic E-state index is 12.1. The lowest BCUT2D eigenvalue weighted by Gasteiger charge is -2.12. The third-order valence-corrected chi connectivity index (χ3v) is 2.65. The van der Waals surface area contributed by atoms with E-state index in [9.17, 15) is 23.3 Å². The van der Waals surface area contributed by atoms with Crippen molar-refractivity contribution in [2.45, 2.75) is 12.2 Å². The molecule has 5 nitrogen and oxygen atoms in total. The zero-order valence-corrected chi connectivity index (χ0v) is 10.7. The average Bonchev–Trinajstić information content (AvgIpc) is 2.18. The van der Waals surface area contributed by atoms with E-state index < -0.39 is 28.6 Å². The molecule has 0 saturated carbocycles. The van der Waals surface area contributed by atoms with Crippen molar-refractivity contribution in [3.63, 3.8) is 0 Å². The molecular weight excluding hydrogens is 379 g/mol. The van der Waals surface area contributed by atoms with Gasteiger partial charge in [0.25, 0.3) is 5.69 Å². The molecule has 0 unspecified atom stereocenters. The molecule has 0 atom stereocenters. The van der Waals surface area contributed by atoms with Crippen LogP contribution in [0.5, 0.6) is 5.75 Å². The van der Waals surface area contributed by atoms with Gasteiger partial charge in [-0.15, -0.1) is 24.8 Å². The Hall–Kier alpha value is -0.840. The fourth-order valence-corrected chi connectivity index (χ4v) is 1.83. The third kappa shape index (κ3) is 3.56. The highest BCUT2D eigenvalue weighted by atomic mass is 127. The quantitative estimate of drug-likeness (QED) is 0.265. The van der Waals surface area contributed by atoms with E-state index in [1.54, 1.807) is 0 Å². The van der Waals surface area contributed by atoms with E-state index in [2.05, 4.69) is 9.72 Å². The van der Waals surface area contributed by atoms with Gasteiger partial charge in [0.1, 0.15) is 9.90 Å². The molecule has 0 bridgehead atoms. The van der Waals surface area contributed by atoms with E-state index in [0.29, 0.717) is 0 Å². The first kappa shape index (κ1) is 14.2. The van der Waals surface area contributed by atoms with Crippen LogP contribution in [-0.2, 0) is 5.88 Å². The minimum atomic E-state index is -4.96. The smallest absolute Gasteiger partial charge is 0.402 e. The molecule has 0 aliphatic heterocycles. The highest BCUT2D eigenvalue weighted by Crippen LogP contribution is 2.35. The first-order valence-corrected chi connectivity index (χ1v) is 5.51. The molecule has 0 N–H and O–H groups in total. The summed E-state index contributed by atoms with van der Waals surface area (Å²) in [5.41, 5.74) is -0.965. The maximum absolute atomic E-state index is 12.1. The molecule has 0 aliphatic rings. The molecule has 0 aromatic carbocycles. The van der Waals surface area contributed by atoms with E-state index in [1.807, 2.05) is 0 Å². The SMILES string of the molecule is O=[N+]([O-])c1cnc(I)c(OC(F)(F)F)c1CCl. The summed E-state index contributed by atoms with van der Waals surface area (Å²) in [4.78, 5) is 13.2. The van der Waals surface area contributed by atoms with Gasteiger partial charge < -0.3 is 4.74 Å². The largest absolute Gasteiger partial charge is 0.573 e. The molecule has 0 saturated heterocycles. The summed E-state index contributed by atoms with van der Waals surface area (Å²) in [6.45, 7) is 0.